The van der Waals surface area contributed by atoms with Crippen molar-refractivity contribution in [2.45, 2.75) is 30.9 Å². The first kappa shape index (κ1) is 26.0. The van der Waals surface area contributed by atoms with Crippen LogP contribution in [0.4, 0.5) is 32.0 Å². The Hall–Kier alpha value is -3.61. The number of hydrogen-bond donors (Lipinski definition) is 3. The summed E-state index contributed by atoms with van der Waals surface area (Å²) in [6.07, 6.45) is -9.65. The molecule has 0 fully saturated rings. The molecule has 7 nitrogen and oxygen atoms in total. The zero-order valence-corrected chi connectivity index (χ0v) is 18.0. The Morgan fingerprint density at radius 3 is 2.09 bits per heavy atom. The summed E-state index contributed by atoms with van der Waals surface area (Å²) >= 11 is 0. The lowest BCUT2D eigenvalue weighted by Gasteiger charge is -2.29. The number of fused-ring (bicyclic) bond motifs is 3. The molecule has 2 aromatic rings. The van der Waals surface area contributed by atoms with Crippen LogP contribution >= 0.6 is 0 Å². The van der Waals surface area contributed by atoms with Crippen LogP contribution in [0.15, 0.2) is 48.5 Å². The third kappa shape index (κ3) is 5.73. The molecule has 3 amide bonds. The summed E-state index contributed by atoms with van der Waals surface area (Å²) < 4.78 is 77.3. The number of hydrogen-bond acceptors (Lipinski definition) is 4. The van der Waals surface area contributed by atoms with E-state index in [-0.39, 0.29) is 16.8 Å². The van der Waals surface area contributed by atoms with Crippen LogP contribution in [-0.4, -0.2) is 53.9 Å². The van der Waals surface area contributed by atoms with E-state index in [0.29, 0.717) is 17.4 Å². The molecule has 0 unspecified atom stereocenters. The second-order valence-corrected chi connectivity index (χ2v) is 7.92. The highest BCUT2D eigenvalue weighted by atomic mass is 19.4. The van der Waals surface area contributed by atoms with Crippen LogP contribution in [0.1, 0.15) is 18.5 Å². The molecule has 1 aliphatic heterocycles. The predicted molar refractivity (Wildman–Crippen MR) is 111 cm³/mol. The molecule has 2 aromatic carbocycles. The predicted octanol–water partition coefficient (Wildman–Crippen LogP) is 2.85. The van der Waals surface area contributed by atoms with Gasteiger partial charge in [-0.05, 0) is 24.1 Å². The Morgan fingerprint density at radius 2 is 1.49 bits per heavy atom. The SMILES string of the molecule is C[C@](O)(C(=O)NCC(F)(F)F)C(=O)N[C@@H]1C(=O)N(CC(F)(F)F)c2ccccc2-c2ccccc21. The average molecular weight is 503 g/mol. The van der Waals surface area contributed by atoms with Crippen molar-refractivity contribution in [2.75, 3.05) is 18.0 Å². The highest BCUT2D eigenvalue weighted by Crippen LogP contribution is 2.41. The smallest absolute Gasteiger partial charge is 0.372 e. The van der Waals surface area contributed by atoms with Gasteiger partial charge in [-0.1, -0.05) is 42.5 Å². The molecule has 0 bridgehead atoms. The zero-order valence-electron chi connectivity index (χ0n) is 18.0. The van der Waals surface area contributed by atoms with Crippen molar-refractivity contribution in [3.8, 4) is 11.1 Å². The van der Waals surface area contributed by atoms with Crippen LogP contribution in [0.25, 0.3) is 11.1 Å². The fourth-order valence-corrected chi connectivity index (χ4v) is 3.55. The summed E-state index contributed by atoms with van der Waals surface area (Å²) in [6.45, 7) is -2.94. The zero-order chi connectivity index (χ0) is 26.2. The number of halogens is 6. The maximum absolute atomic E-state index is 13.4. The second-order valence-electron chi connectivity index (χ2n) is 7.92. The molecule has 0 radical (unpaired) electrons. The number of nitrogens with one attached hydrogen (secondary N) is 2. The first-order valence-electron chi connectivity index (χ1n) is 10.1. The van der Waals surface area contributed by atoms with Gasteiger partial charge >= 0.3 is 12.4 Å². The Morgan fingerprint density at radius 1 is 0.914 bits per heavy atom. The molecular formula is C22H19F6N3O4. The lowest BCUT2D eigenvalue weighted by Crippen LogP contribution is -2.58. The maximum atomic E-state index is 13.4. The van der Waals surface area contributed by atoms with E-state index in [1.54, 1.807) is 12.1 Å². The molecule has 0 aromatic heterocycles. The van der Waals surface area contributed by atoms with Crippen molar-refractivity contribution in [2.24, 2.45) is 0 Å². The highest BCUT2D eigenvalue weighted by Gasteiger charge is 2.45. The van der Waals surface area contributed by atoms with E-state index >= 15 is 0 Å². The van der Waals surface area contributed by atoms with Crippen LogP contribution < -0.4 is 15.5 Å². The summed E-state index contributed by atoms with van der Waals surface area (Å²) in [4.78, 5) is 38.5. The number of carbonyl (C=O) groups excluding carboxylic acids is 3. The van der Waals surface area contributed by atoms with Gasteiger partial charge in [-0.25, -0.2) is 0 Å². The molecule has 188 valence electrons. The normalized spacial score (nSPS) is 17.5. The number of nitrogens with zero attached hydrogens (tertiary/aromatic N) is 1. The van der Waals surface area contributed by atoms with Gasteiger partial charge in [0.15, 0.2) is 0 Å². The molecular weight excluding hydrogens is 484 g/mol. The van der Waals surface area contributed by atoms with Crippen molar-refractivity contribution in [1.29, 1.82) is 0 Å². The van der Waals surface area contributed by atoms with Crippen LogP contribution in [0, 0.1) is 0 Å². The number of para-hydroxylation sites is 1. The minimum Gasteiger partial charge on any atom is -0.372 e. The van der Waals surface area contributed by atoms with Gasteiger partial charge in [0.25, 0.3) is 17.7 Å². The Balaban J connectivity index is 2.02. The fraction of sp³-hybridized carbons (Fsp3) is 0.318. The van der Waals surface area contributed by atoms with Gasteiger partial charge in [0.2, 0.25) is 5.60 Å². The van der Waals surface area contributed by atoms with Crippen molar-refractivity contribution in [1.82, 2.24) is 10.6 Å². The third-order valence-corrected chi connectivity index (χ3v) is 5.22. The van der Waals surface area contributed by atoms with Crippen LogP contribution in [0.2, 0.25) is 0 Å². The van der Waals surface area contributed by atoms with Gasteiger partial charge in [-0.3, -0.25) is 14.4 Å². The number of anilines is 1. The summed E-state index contributed by atoms with van der Waals surface area (Å²) in [6, 6.07) is 9.83. The largest absolute Gasteiger partial charge is 0.406 e. The Kier molecular flexibility index (Phi) is 6.84. The summed E-state index contributed by atoms with van der Waals surface area (Å²) in [5.41, 5.74) is -2.54. The number of alkyl halides is 6. The lowest BCUT2D eigenvalue weighted by molar-refractivity contribution is -0.158. The Bertz CT molecular complexity index is 1150. The van der Waals surface area contributed by atoms with E-state index in [1.165, 1.54) is 41.7 Å². The average Bonchev–Trinajstić information content (AvgIpc) is 2.85. The number of carbonyl (C=O) groups is 3. The minimum atomic E-state index is -4.83. The van der Waals surface area contributed by atoms with Crippen molar-refractivity contribution >= 4 is 23.4 Å². The molecule has 0 saturated heterocycles. The van der Waals surface area contributed by atoms with Gasteiger partial charge in [0.1, 0.15) is 19.1 Å². The van der Waals surface area contributed by atoms with Crippen LogP contribution in [0.3, 0.4) is 0 Å². The molecule has 0 spiro atoms. The van der Waals surface area contributed by atoms with Crippen LogP contribution in [0.5, 0.6) is 0 Å². The summed E-state index contributed by atoms with van der Waals surface area (Å²) in [5.74, 6) is -4.51. The summed E-state index contributed by atoms with van der Waals surface area (Å²) in [7, 11) is 0. The summed E-state index contributed by atoms with van der Waals surface area (Å²) in [5, 5.41) is 13.7. The first-order valence-corrected chi connectivity index (χ1v) is 10.1. The van der Waals surface area contributed by atoms with E-state index in [1.807, 2.05) is 5.32 Å². The molecule has 3 rings (SSSR count). The first-order chi connectivity index (χ1) is 16.1. The monoisotopic (exact) mass is 503 g/mol. The van der Waals surface area contributed by atoms with Crippen LogP contribution in [-0.2, 0) is 14.4 Å². The van der Waals surface area contributed by atoms with Crippen molar-refractivity contribution in [3.63, 3.8) is 0 Å². The standard InChI is InChI=1S/C22H19F6N3O4/c1-20(35,18(33)29-10-21(23,24)25)19(34)30-16-14-8-3-2-6-12(14)13-7-4-5-9-15(13)31(17(16)32)11-22(26,27)28/h2-9,16,35H,10-11H2,1H3,(H,29,33)(H,30,34)/t16-,20-/m0/s1. The molecule has 0 saturated carbocycles. The van der Waals surface area contributed by atoms with E-state index in [0.717, 1.165) is 0 Å². The fourth-order valence-electron chi connectivity index (χ4n) is 3.55. The Labute approximate surface area is 194 Å². The van der Waals surface area contributed by atoms with Gasteiger partial charge in [-0.15, -0.1) is 0 Å². The topological polar surface area (TPSA) is 98.7 Å². The quantitative estimate of drug-likeness (QED) is 0.432. The molecule has 1 aliphatic rings. The third-order valence-electron chi connectivity index (χ3n) is 5.22. The van der Waals surface area contributed by atoms with E-state index in [9.17, 15) is 45.8 Å². The van der Waals surface area contributed by atoms with E-state index < -0.39 is 54.8 Å². The van der Waals surface area contributed by atoms with Gasteiger partial charge < -0.3 is 20.6 Å². The maximum Gasteiger partial charge on any atom is 0.406 e. The van der Waals surface area contributed by atoms with Gasteiger partial charge in [0.05, 0.1) is 5.69 Å². The molecule has 1 heterocycles. The molecule has 35 heavy (non-hydrogen) atoms. The second kappa shape index (κ2) is 9.21. The van der Waals surface area contributed by atoms with Crippen molar-refractivity contribution < 1.29 is 45.8 Å². The van der Waals surface area contributed by atoms with Crippen molar-refractivity contribution in [3.05, 3.63) is 54.1 Å². The number of rotatable bonds is 5. The number of amides is 3. The molecule has 0 aliphatic carbocycles. The molecule has 3 N–H and O–H groups in total. The van der Waals surface area contributed by atoms with E-state index in [4.69, 9.17) is 0 Å². The molecule has 2 atom stereocenters. The minimum absolute atomic E-state index is 0.0643. The highest BCUT2D eigenvalue weighted by molar-refractivity contribution is 6.11. The van der Waals surface area contributed by atoms with Gasteiger partial charge in [0, 0.05) is 5.56 Å². The lowest BCUT2D eigenvalue weighted by atomic mass is 9.94. The van der Waals surface area contributed by atoms with E-state index in [2.05, 4.69) is 0 Å². The number of aliphatic hydroxyl groups is 1. The molecule has 13 heteroatoms. The van der Waals surface area contributed by atoms with Gasteiger partial charge in [-0.2, -0.15) is 26.3 Å². The number of benzene rings is 2.